The summed E-state index contributed by atoms with van der Waals surface area (Å²) in [6.45, 7) is 10.5. The highest BCUT2D eigenvalue weighted by Crippen LogP contribution is 2.42. The minimum atomic E-state index is -4.82. The standard InChI is InChI=1S/C40H49F3N8O5S/c1-24-21-48(22-25(2)49(24)23-35(53)46-28-11-9-27(10-12-28)31-15-16-34(52)47-36(31)54)17-5-6-26-7-13-29(14-8-26)50-38(56)51(37(55)39(50,3)4)57-30-18-32(40(41,42)43)33(19-44)45-20-30/h9-12,18,20,24-26,29,31H,5-8,13-17,21-23H2,1-4H3,(H,46,53)(H,47,52,54)/t24-,25+,26?,29?,31?. The number of carbonyl (C=O) groups excluding carboxylic acids is 5. The van der Waals surface area contributed by atoms with E-state index < -0.39 is 34.9 Å². The molecule has 0 spiro atoms. The highest BCUT2D eigenvalue weighted by atomic mass is 32.2. The molecule has 3 atom stereocenters. The number of hydrogen-bond donors (Lipinski definition) is 2. The van der Waals surface area contributed by atoms with Gasteiger partial charge >= 0.3 is 12.2 Å². The van der Waals surface area contributed by atoms with Gasteiger partial charge in [0, 0.05) is 66.4 Å². The maximum Gasteiger partial charge on any atom is 0.419 e. The van der Waals surface area contributed by atoms with E-state index in [2.05, 4.69) is 39.3 Å². The third-order valence-corrected chi connectivity index (χ3v) is 12.7. The smallest absolute Gasteiger partial charge is 0.325 e. The lowest BCUT2D eigenvalue weighted by atomic mass is 9.81. The number of piperazine rings is 1. The normalized spacial score (nSPS) is 26.0. The average Bonchev–Trinajstić information content (AvgIpc) is 3.32. The summed E-state index contributed by atoms with van der Waals surface area (Å²) in [6.07, 6.45) is 2.32. The van der Waals surface area contributed by atoms with Crippen LogP contribution in [0.1, 0.15) is 102 Å². The molecule has 0 bridgehead atoms. The van der Waals surface area contributed by atoms with Crippen molar-refractivity contribution >= 4 is 47.3 Å². The van der Waals surface area contributed by atoms with Crippen molar-refractivity contribution in [2.24, 2.45) is 5.92 Å². The summed E-state index contributed by atoms with van der Waals surface area (Å²) in [4.78, 5) is 73.6. The molecule has 1 aliphatic carbocycles. The van der Waals surface area contributed by atoms with Crippen LogP contribution in [0.4, 0.5) is 23.7 Å². The minimum absolute atomic E-state index is 0.0622. The van der Waals surface area contributed by atoms with Gasteiger partial charge in [-0.15, -0.1) is 0 Å². The Balaban J connectivity index is 0.929. The molecular weight excluding hydrogens is 762 g/mol. The first-order valence-electron chi connectivity index (χ1n) is 19.5. The average molecular weight is 811 g/mol. The number of anilines is 1. The van der Waals surface area contributed by atoms with Crippen molar-refractivity contribution in [1.29, 1.82) is 5.26 Å². The predicted octanol–water partition coefficient (Wildman–Crippen LogP) is 5.91. The van der Waals surface area contributed by atoms with Gasteiger partial charge < -0.3 is 15.1 Å². The number of nitriles is 1. The van der Waals surface area contributed by atoms with E-state index in [1.165, 1.54) is 6.07 Å². The second-order valence-electron chi connectivity index (χ2n) is 16.2. The van der Waals surface area contributed by atoms with Crippen LogP contribution < -0.4 is 10.6 Å². The number of rotatable bonds is 11. The van der Waals surface area contributed by atoms with Gasteiger partial charge in [-0.05, 0) is 109 Å². The number of carbonyl (C=O) groups is 5. The van der Waals surface area contributed by atoms with Gasteiger partial charge in [0.1, 0.15) is 11.6 Å². The summed E-state index contributed by atoms with van der Waals surface area (Å²) >= 11 is 0.595. The molecule has 17 heteroatoms. The maximum absolute atomic E-state index is 13.6. The quantitative estimate of drug-likeness (QED) is 0.159. The van der Waals surface area contributed by atoms with Crippen LogP contribution in [-0.4, -0.2) is 103 Å². The molecule has 306 valence electrons. The molecule has 3 aliphatic heterocycles. The monoisotopic (exact) mass is 810 g/mol. The first kappa shape index (κ1) is 42.1. The molecule has 57 heavy (non-hydrogen) atoms. The Hall–Kier alpha value is -4.53. The topological polar surface area (TPSA) is 159 Å². The van der Waals surface area contributed by atoms with Crippen LogP contribution in [0, 0.1) is 17.2 Å². The number of imide groups is 2. The molecule has 2 N–H and O–H groups in total. The second-order valence-corrected chi connectivity index (χ2v) is 17.2. The molecule has 2 aromatic rings. The first-order valence-corrected chi connectivity index (χ1v) is 20.3. The van der Waals surface area contributed by atoms with Crippen LogP contribution in [0.5, 0.6) is 0 Å². The maximum atomic E-state index is 13.6. The number of piperidine rings is 1. The van der Waals surface area contributed by atoms with E-state index in [1.807, 2.05) is 12.1 Å². The van der Waals surface area contributed by atoms with E-state index in [0.717, 1.165) is 80.3 Å². The van der Waals surface area contributed by atoms with Crippen LogP contribution >= 0.6 is 11.9 Å². The summed E-state index contributed by atoms with van der Waals surface area (Å²) in [6, 6.07) is 9.00. The molecule has 0 radical (unpaired) electrons. The largest absolute Gasteiger partial charge is 0.419 e. The SMILES string of the molecule is C[C@@H]1CN(CCCC2CCC(N3C(=O)N(Sc4cnc(C#N)c(C(F)(F)F)c4)C(=O)C3(C)C)CC2)C[C@H](C)N1CC(=O)Nc1ccc(C2CCC(=O)NC2=O)cc1. The lowest BCUT2D eigenvalue weighted by Gasteiger charge is -2.44. The lowest BCUT2D eigenvalue weighted by Crippen LogP contribution is -2.58. The zero-order valence-corrected chi connectivity index (χ0v) is 33.4. The van der Waals surface area contributed by atoms with E-state index in [-0.39, 0.29) is 53.2 Å². The Morgan fingerprint density at radius 3 is 2.32 bits per heavy atom. The van der Waals surface area contributed by atoms with Crippen molar-refractivity contribution in [3.05, 3.63) is 53.3 Å². The van der Waals surface area contributed by atoms with Gasteiger partial charge in [0.25, 0.3) is 5.91 Å². The lowest BCUT2D eigenvalue weighted by molar-refractivity contribution is -0.138. The van der Waals surface area contributed by atoms with Gasteiger partial charge in [0.05, 0.1) is 18.0 Å². The minimum Gasteiger partial charge on any atom is -0.325 e. The molecule has 1 saturated carbocycles. The molecule has 4 fully saturated rings. The van der Waals surface area contributed by atoms with Gasteiger partial charge in [-0.25, -0.2) is 9.78 Å². The first-order chi connectivity index (χ1) is 27.0. The van der Waals surface area contributed by atoms with Crippen LogP contribution in [0.15, 0.2) is 41.4 Å². The Morgan fingerprint density at radius 1 is 1.04 bits per heavy atom. The van der Waals surface area contributed by atoms with Crippen molar-refractivity contribution in [1.82, 2.24) is 29.3 Å². The highest BCUT2D eigenvalue weighted by molar-refractivity contribution is 7.98. The number of benzene rings is 1. The van der Waals surface area contributed by atoms with E-state index in [0.29, 0.717) is 36.4 Å². The van der Waals surface area contributed by atoms with Gasteiger partial charge in [-0.1, -0.05) is 12.1 Å². The number of pyridine rings is 1. The second kappa shape index (κ2) is 17.1. The van der Waals surface area contributed by atoms with Gasteiger partial charge in [-0.2, -0.15) is 22.7 Å². The predicted molar refractivity (Wildman–Crippen MR) is 205 cm³/mol. The molecule has 4 heterocycles. The number of urea groups is 1. The summed E-state index contributed by atoms with van der Waals surface area (Å²) in [5, 5.41) is 14.4. The number of halogens is 3. The molecule has 3 saturated heterocycles. The molecule has 4 aliphatic rings. The van der Waals surface area contributed by atoms with E-state index >= 15 is 0 Å². The fraction of sp³-hybridized carbons (Fsp3) is 0.575. The number of nitrogens with zero attached hydrogens (tertiary/aromatic N) is 6. The molecular formula is C40H49F3N8O5S. The van der Waals surface area contributed by atoms with Crippen LogP contribution in [-0.2, 0) is 25.4 Å². The molecule has 1 aromatic heterocycles. The number of alkyl halides is 3. The zero-order chi connectivity index (χ0) is 41.2. The zero-order valence-electron chi connectivity index (χ0n) is 32.6. The Morgan fingerprint density at radius 2 is 1.70 bits per heavy atom. The number of aromatic nitrogens is 1. The van der Waals surface area contributed by atoms with Gasteiger partial charge in [0.15, 0.2) is 5.69 Å². The van der Waals surface area contributed by atoms with E-state index in [4.69, 9.17) is 5.26 Å². The van der Waals surface area contributed by atoms with Crippen molar-refractivity contribution in [3.63, 3.8) is 0 Å². The van der Waals surface area contributed by atoms with Crippen LogP contribution in [0.2, 0.25) is 0 Å². The van der Waals surface area contributed by atoms with Crippen molar-refractivity contribution in [2.45, 2.75) is 120 Å². The number of hydrogen-bond acceptors (Lipinski definition) is 10. The Bertz CT molecular complexity index is 1900. The molecule has 1 aromatic carbocycles. The van der Waals surface area contributed by atoms with Crippen molar-refractivity contribution in [2.75, 3.05) is 31.5 Å². The number of nitrogens with one attached hydrogen (secondary N) is 2. The van der Waals surface area contributed by atoms with Crippen LogP contribution in [0.25, 0.3) is 0 Å². The number of amides is 6. The Labute approximate surface area is 334 Å². The third kappa shape index (κ3) is 9.45. The fourth-order valence-electron chi connectivity index (χ4n) is 8.81. The summed E-state index contributed by atoms with van der Waals surface area (Å²) in [7, 11) is 0. The Kier molecular flexibility index (Phi) is 12.7. The molecule has 6 amide bonds. The van der Waals surface area contributed by atoms with Crippen molar-refractivity contribution in [3.8, 4) is 6.07 Å². The molecule has 13 nitrogen and oxygen atoms in total. The van der Waals surface area contributed by atoms with E-state index in [1.54, 1.807) is 30.9 Å². The van der Waals surface area contributed by atoms with Crippen molar-refractivity contribution < 1.29 is 37.1 Å². The third-order valence-electron chi connectivity index (χ3n) is 11.8. The highest BCUT2D eigenvalue weighted by Gasteiger charge is 2.54. The van der Waals surface area contributed by atoms with E-state index in [9.17, 15) is 37.1 Å². The summed E-state index contributed by atoms with van der Waals surface area (Å²) < 4.78 is 41.5. The summed E-state index contributed by atoms with van der Waals surface area (Å²) in [5.74, 6) is -1.07. The molecule has 1 unspecified atom stereocenters. The summed E-state index contributed by atoms with van der Waals surface area (Å²) in [5.41, 5.74) is -1.70. The van der Waals surface area contributed by atoms with Gasteiger partial charge in [0.2, 0.25) is 17.7 Å². The van der Waals surface area contributed by atoms with Gasteiger partial charge in [-0.3, -0.25) is 29.4 Å². The molecule has 6 rings (SSSR count). The fourth-order valence-corrected chi connectivity index (χ4v) is 9.76. The van der Waals surface area contributed by atoms with Crippen LogP contribution in [0.3, 0.4) is 0 Å².